The van der Waals surface area contributed by atoms with Gasteiger partial charge in [-0.3, -0.25) is 9.59 Å². The molecule has 1 saturated carbocycles. The van der Waals surface area contributed by atoms with Crippen LogP contribution in [0.3, 0.4) is 0 Å². The molecule has 0 spiro atoms. The molecule has 31 heavy (non-hydrogen) atoms. The predicted molar refractivity (Wildman–Crippen MR) is 120 cm³/mol. The van der Waals surface area contributed by atoms with E-state index in [2.05, 4.69) is 0 Å². The summed E-state index contributed by atoms with van der Waals surface area (Å²) in [6, 6.07) is 11.7. The van der Waals surface area contributed by atoms with E-state index in [0.29, 0.717) is 16.3 Å². The molecule has 1 amide bonds. The molecule has 1 aliphatic carbocycles. The summed E-state index contributed by atoms with van der Waals surface area (Å²) in [5.41, 5.74) is 2.17. The van der Waals surface area contributed by atoms with Gasteiger partial charge in [-0.05, 0) is 61.2 Å². The van der Waals surface area contributed by atoms with Gasteiger partial charge < -0.3 is 14.7 Å². The average Bonchev–Trinajstić information content (AvgIpc) is 3.05. The normalized spacial score (nSPS) is 21.5. The topological polar surface area (TPSA) is 66.8 Å². The number of carbonyl (C=O) groups is 2. The number of halogens is 1. The van der Waals surface area contributed by atoms with Crippen molar-refractivity contribution in [3.8, 4) is 5.75 Å². The summed E-state index contributed by atoms with van der Waals surface area (Å²) in [6.07, 6.45) is 4.91. The largest absolute Gasteiger partial charge is 0.507 e. The Morgan fingerprint density at radius 3 is 2.35 bits per heavy atom. The van der Waals surface area contributed by atoms with Crippen LogP contribution in [0.2, 0.25) is 5.02 Å². The lowest BCUT2D eigenvalue weighted by Gasteiger charge is -2.35. The Kier molecular flexibility index (Phi) is 6.05. The van der Waals surface area contributed by atoms with E-state index in [9.17, 15) is 14.7 Å². The summed E-state index contributed by atoms with van der Waals surface area (Å²) in [7, 11) is 1.57. The number of hydrogen-bond acceptors (Lipinski definition) is 4. The van der Waals surface area contributed by atoms with Gasteiger partial charge in [-0.15, -0.1) is 0 Å². The number of nitrogens with zero attached hydrogens (tertiary/aromatic N) is 1. The van der Waals surface area contributed by atoms with Crippen molar-refractivity contribution in [2.75, 3.05) is 7.11 Å². The zero-order chi connectivity index (χ0) is 22.1. The second-order valence-corrected chi connectivity index (χ2v) is 8.67. The number of ketones is 1. The first-order valence-corrected chi connectivity index (χ1v) is 11.0. The minimum Gasteiger partial charge on any atom is -0.507 e. The Balaban J connectivity index is 1.87. The molecule has 4 rings (SSSR count). The molecular weight excluding hydrogens is 414 g/mol. The van der Waals surface area contributed by atoms with Crippen LogP contribution in [-0.4, -0.2) is 34.8 Å². The van der Waals surface area contributed by atoms with Crippen molar-refractivity contribution in [2.24, 2.45) is 0 Å². The van der Waals surface area contributed by atoms with E-state index in [1.54, 1.807) is 42.3 Å². The van der Waals surface area contributed by atoms with Gasteiger partial charge in [-0.1, -0.05) is 43.0 Å². The van der Waals surface area contributed by atoms with Crippen LogP contribution >= 0.6 is 11.6 Å². The number of rotatable bonds is 4. The number of aliphatic hydroxyl groups excluding tert-OH is 1. The van der Waals surface area contributed by atoms with Crippen LogP contribution in [0, 0.1) is 6.92 Å². The van der Waals surface area contributed by atoms with Crippen LogP contribution < -0.4 is 4.74 Å². The molecule has 1 aliphatic heterocycles. The fraction of sp³-hybridized carbons (Fsp3) is 0.360. The number of likely N-dealkylation sites (tertiary alicyclic amines) is 1. The van der Waals surface area contributed by atoms with E-state index in [1.165, 1.54) is 0 Å². The highest BCUT2D eigenvalue weighted by atomic mass is 35.5. The average molecular weight is 440 g/mol. The van der Waals surface area contributed by atoms with Crippen LogP contribution in [-0.2, 0) is 9.59 Å². The third kappa shape index (κ3) is 3.94. The molecule has 0 radical (unpaired) electrons. The van der Waals surface area contributed by atoms with Crippen molar-refractivity contribution < 1.29 is 19.4 Å². The van der Waals surface area contributed by atoms with Gasteiger partial charge in [0, 0.05) is 16.6 Å². The summed E-state index contributed by atoms with van der Waals surface area (Å²) in [4.78, 5) is 28.1. The number of Topliss-reactive ketones (excluding diaryl/α,β-unsaturated/α-hetero) is 1. The van der Waals surface area contributed by atoms with Crippen LogP contribution in [0.15, 0.2) is 48.0 Å². The van der Waals surface area contributed by atoms with Gasteiger partial charge in [0.05, 0.1) is 18.7 Å². The molecule has 2 aliphatic rings. The maximum Gasteiger partial charge on any atom is 0.295 e. The number of aliphatic hydroxyl groups is 1. The molecule has 1 unspecified atom stereocenters. The first-order chi connectivity index (χ1) is 14.9. The third-order valence-corrected chi connectivity index (χ3v) is 6.57. The summed E-state index contributed by atoms with van der Waals surface area (Å²) in [5, 5.41) is 11.8. The second-order valence-electron chi connectivity index (χ2n) is 8.23. The number of aryl methyl sites for hydroxylation is 1. The molecule has 5 nitrogen and oxygen atoms in total. The van der Waals surface area contributed by atoms with Crippen molar-refractivity contribution in [3.05, 3.63) is 69.8 Å². The number of hydrogen-bond donors (Lipinski definition) is 1. The number of ether oxygens (including phenoxy) is 1. The molecule has 1 heterocycles. The molecule has 0 aromatic heterocycles. The molecule has 6 heteroatoms. The number of carbonyl (C=O) groups excluding carboxylic acids is 2. The summed E-state index contributed by atoms with van der Waals surface area (Å²) >= 11 is 6.08. The minimum absolute atomic E-state index is 0.0202. The number of methoxy groups -OCH3 is 1. The fourth-order valence-electron chi connectivity index (χ4n) is 4.73. The van der Waals surface area contributed by atoms with Gasteiger partial charge >= 0.3 is 0 Å². The van der Waals surface area contributed by atoms with Crippen LogP contribution in [0.1, 0.15) is 54.8 Å². The molecule has 2 aromatic rings. The first kappa shape index (κ1) is 21.4. The second kappa shape index (κ2) is 8.75. The smallest absolute Gasteiger partial charge is 0.295 e. The molecule has 0 bridgehead atoms. The number of amides is 1. The lowest BCUT2D eigenvalue weighted by atomic mass is 9.90. The molecule has 162 valence electrons. The van der Waals surface area contributed by atoms with Crippen molar-refractivity contribution in [1.82, 2.24) is 4.90 Å². The summed E-state index contributed by atoms with van der Waals surface area (Å²) < 4.78 is 5.25. The molecule has 1 saturated heterocycles. The quantitative estimate of drug-likeness (QED) is 0.393. The highest BCUT2D eigenvalue weighted by Crippen LogP contribution is 2.43. The third-order valence-electron chi connectivity index (χ3n) is 6.32. The van der Waals surface area contributed by atoms with Crippen LogP contribution in [0.4, 0.5) is 0 Å². The first-order valence-electron chi connectivity index (χ1n) is 10.6. The Morgan fingerprint density at radius 1 is 1.06 bits per heavy atom. The van der Waals surface area contributed by atoms with Crippen LogP contribution in [0.25, 0.3) is 5.76 Å². The van der Waals surface area contributed by atoms with Crippen molar-refractivity contribution >= 4 is 29.1 Å². The molecule has 2 fully saturated rings. The molecular formula is C25H26ClNO4. The van der Waals surface area contributed by atoms with Gasteiger partial charge in [-0.25, -0.2) is 0 Å². The Labute approximate surface area is 187 Å². The Hall–Kier alpha value is -2.79. The maximum atomic E-state index is 13.2. The Bertz CT molecular complexity index is 1040. The van der Waals surface area contributed by atoms with Gasteiger partial charge in [0.25, 0.3) is 11.7 Å². The van der Waals surface area contributed by atoms with E-state index in [4.69, 9.17) is 16.3 Å². The molecule has 1 atom stereocenters. The highest BCUT2D eigenvalue weighted by Gasteiger charge is 2.48. The summed E-state index contributed by atoms with van der Waals surface area (Å²) in [5.74, 6) is -0.680. The zero-order valence-electron chi connectivity index (χ0n) is 17.7. The van der Waals surface area contributed by atoms with Crippen molar-refractivity contribution in [3.63, 3.8) is 0 Å². The van der Waals surface area contributed by atoms with E-state index in [-0.39, 0.29) is 17.4 Å². The van der Waals surface area contributed by atoms with Crippen molar-refractivity contribution in [1.29, 1.82) is 0 Å². The van der Waals surface area contributed by atoms with E-state index >= 15 is 0 Å². The zero-order valence-corrected chi connectivity index (χ0v) is 18.5. The lowest BCUT2D eigenvalue weighted by Crippen LogP contribution is -2.40. The van der Waals surface area contributed by atoms with Gasteiger partial charge in [0.15, 0.2) is 0 Å². The van der Waals surface area contributed by atoms with Gasteiger partial charge in [0.1, 0.15) is 11.5 Å². The van der Waals surface area contributed by atoms with E-state index < -0.39 is 17.7 Å². The Morgan fingerprint density at radius 2 is 1.74 bits per heavy atom. The summed E-state index contributed by atoms with van der Waals surface area (Å²) in [6.45, 7) is 1.84. The fourth-order valence-corrected chi connectivity index (χ4v) is 4.86. The molecule has 1 N–H and O–H groups in total. The SMILES string of the molecule is COc1ccc(/C(O)=C2/C(=O)C(=O)N(C3CCCCC3)C2c2ccc(Cl)cc2)c(C)c1. The lowest BCUT2D eigenvalue weighted by molar-refractivity contribution is -0.141. The maximum absolute atomic E-state index is 13.2. The number of benzene rings is 2. The monoisotopic (exact) mass is 439 g/mol. The van der Waals surface area contributed by atoms with Gasteiger partial charge in [0.2, 0.25) is 0 Å². The predicted octanol–water partition coefficient (Wildman–Crippen LogP) is 5.41. The van der Waals surface area contributed by atoms with E-state index in [0.717, 1.165) is 43.2 Å². The van der Waals surface area contributed by atoms with Gasteiger partial charge in [-0.2, -0.15) is 0 Å². The van der Waals surface area contributed by atoms with E-state index in [1.807, 2.05) is 19.1 Å². The minimum atomic E-state index is -0.641. The van der Waals surface area contributed by atoms with Crippen molar-refractivity contribution in [2.45, 2.75) is 51.1 Å². The molecule has 2 aromatic carbocycles. The standard InChI is InChI=1S/C25H26ClNO4/c1-15-14-19(31-2)12-13-20(15)23(28)21-22(16-8-10-17(26)11-9-16)27(25(30)24(21)29)18-6-4-3-5-7-18/h8-14,18,22,28H,3-7H2,1-2H3/b23-21-. The highest BCUT2D eigenvalue weighted by molar-refractivity contribution is 6.46. The van der Waals surface area contributed by atoms with Crippen LogP contribution in [0.5, 0.6) is 5.75 Å².